The zero-order chi connectivity index (χ0) is 16.7. The van der Waals surface area contributed by atoms with E-state index in [1.807, 2.05) is 6.07 Å². The molecule has 1 fully saturated rings. The molecule has 6 nitrogen and oxygen atoms in total. The van der Waals surface area contributed by atoms with Crippen molar-refractivity contribution in [2.24, 2.45) is 5.92 Å². The van der Waals surface area contributed by atoms with E-state index in [2.05, 4.69) is 24.5 Å². The smallest absolute Gasteiger partial charge is 0.315 e. The van der Waals surface area contributed by atoms with Crippen molar-refractivity contribution < 1.29 is 19.1 Å². The first kappa shape index (κ1) is 17.8. The molecule has 0 radical (unpaired) electrons. The molecule has 1 aliphatic carbocycles. The molecule has 0 aromatic carbocycles. The van der Waals surface area contributed by atoms with Crippen molar-refractivity contribution in [1.82, 2.24) is 10.6 Å². The first-order valence-electron chi connectivity index (χ1n) is 8.41. The van der Waals surface area contributed by atoms with Gasteiger partial charge in [0.1, 0.15) is 11.8 Å². The summed E-state index contributed by atoms with van der Waals surface area (Å²) in [5.41, 5.74) is 0. The second-order valence-corrected chi connectivity index (χ2v) is 6.62. The highest BCUT2D eigenvalue weighted by atomic mass is 16.5. The van der Waals surface area contributed by atoms with E-state index < -0.39 is 0 Å². The number of furan rings is 1. The maximum Gasteiger partial charge on any atom is 0.315 e. The summed E-state index contributed by atoms with van der Waals surface area (Å²) < 4.78 is 11.1. The molecule has 2 amide bonds. The molecule has 130 valence electrons. The summed E-state index contributed by atoms with van der Waals surface area (Å²) in [6, 6.07) is 3.22. The highest BCUT2D eigenvalue weighted by molar-refractivity contribution is 5.74. The average Bonchev–Trinajstić information content (AvgIpc) is 3.02. The van der Waals surface area contributed by atoms with Gasteiger partial charge in [-0.2, -0.15) is 0 Å². The molecule has 0 bridgehead atoms. The number of rotatable bonds is 7. The Morgan fingerprint density at radius 1 is 1.35 bits per heavy atom. The van der Waals surface area contributed by atoms with Gasteiger partial charge in [0.25, 0.3) is 0 Å². The molecule has 1 unspecified atom stereocenters. The zero-order valence-corrected chi connectivity index (χ0v) is 14.0. The minimum absolute atomic E-state index is 0.118. The normalized spacial score (nSPS) is 22.8. The molecule has 1 aliphatic rings. The van der Waals surface area contributed by atoms with E-state index >= 15 is 0 Å². The molecule has 1 heterocycles. The fourth-order valence-electron chi connectivity index (χ4n) is 2.71. The van der Waals surface area contributed by atoms with Crippen LogP contribution in [0.25, 0.3) is 0 Å². The minimum Gasteiger partial charge on any atom is -0.467 e. The number of hydrogen-bond donors (Lipinski definition) is 3. The van der Waals surface area contributed by atoms with Crippen LogP contribution in [-0.4, -0.2) is 36.5 Å². The third-order valence-electron chi connectivity index (χ3n) is 3.96. The Labute approximate surface area is 137 Å². The van der Waals surface area contributed by atoms with Crippen LogP contribution in [0.3, 0.4) is 0 Å². The summed E-state index contributed by atoms with van der Waals surface area (Å²) in [6.45, 7) is 5.18. The predicted octanol–water partition coefficient (Wildman–Crippen LogP) is 2.60. The van der Waals surface area contributed by atoms with Crippen molar-refractivity contribution in [2.45, 2.75) is 57.7 Å². The molecule has 23 heavy (non-hydrogen) atoms. The van der Waals surface area contributed by atoms with Gasteiger partial charge in [0, 0.05) is 12.6 Å². The van der Waals surface area contributed by atoms with Crippen molar-refractivity contribution in [3.8, 4) is 0 Å². The number of aliphatic hydroxyl groups is 1. The monoisotopic (exact) mass is 324 g/mol. The second kappa shape index (κ2) is 8.93. The Kier molecular flexibility index (Phi) is 6.92. The van der Waals surface area contributed by atoms with Gasteiger partial charge >= 0.3 is 6.03 Å². The van der Waals surface area contributed by atoms with Crippen LogP contribution < -0.4 is 10.6 Å². The van der Waals surface area contributed by atoms with Crippen LogP contribution >= 0.6 is 0 Å². The Balaban J connectivity index is 1.82. The van der Waals surface area contributed by atoms with Crippen molar-refractivity contribution >= 4 is 6.03 Å². The summed E-state index contributed by atoms with van der Waals surface area (Å²) in [6.07, 6.45) is 4.46. The topological polar surface area (TPSA) is 83.7 Å². The van der Waals surface area contributed by atoms with Crippen molar-refractivity contribution in [3.63, 3.8) is 0 Å². The molecule has 1 saturated carbocycles. The van der Waals surface area contributed by atoms with Crippen LogP contribution in [0, 0.1) is 5.92 Å². The number of nitrogens with one attached hydrogen (secondary N) is 2. The van der Waals surface area contributed by atoms with E-state index in [-0.39, 0.29) is 24.2 Å². The summed E-state index contributed by atoms with van der Waals surface area (Å²) in [5.74, 6) is 1.12. The Hall–Kier alpha value is -1.53. The quantitative estimate of drug-likeness (QED) is 0.720. The molecule has 1 aromatic heterocycles. The zero-order valence-electron chi connectivity index (χ0n) is 14.0. The van der Waals surface area contributed by atoms with Gasteiger partial charge in [-0.1, -0.05) is 13.8 Å². The van der Waals surface area contributed by atoms with Crippen LogP contribution in [0.5, 0.6) is 0 Å². The summed E-state index contributed by atoms with van der Waals surface area (Å²) in [7, 11) is 0. The Bertz CT molecular complexity index is 453. The van der Waals surface area contributed by atoms with Gasteiger partial charge in [0.2, 0.25) is 0 Å². The molecule has 3 N–H and O–H groups in total. The number of carbonyl (C=O) groups excluding carboxylic acids is 1. The molecule has 0 saturated heterocycles. The third kappa shape index (κ3) is 6.23. The Morgan fingerprint density at radius 3 is 2.70 bits per heavy atom. The van der Waals surface area contributed by atoms with E-state index in [1.165, 1.54) is 0 Å². The van der Waals surface area contributed by atoms with E-state index in [0.29, 0.717) is 24.9 Å². The number of hydrogen-bond acceptors (Lipinski definition) is 4. The van der Waals surface area contributed by atoms with E-state index in [4.69, 9.17) is 9.15 Å². The SMILES string of the molecule is CC(C)COCC(NC(=O)NC1CCC(O)CC1)c1ccco1. The predicted molar refractivity (Wildman–Crippen MR) is 87.0 cm³/mol. The number of carbonyl (C=O) groups is 1. The van der Waals surface area contributed by atoms with Gasteiger partial charge in [0.15, 0.2) is 0 Å². The molecular weight excluding hydrogens is 296 g/mol. The maximum absolute atomic E-state index is 12.2. The lowest BCUT2D eigenvalue weighted by Crippen LogP contribution is -2.46. The lowest BCUT2D eigenvalue weighted by Gasteiger charge is -2.27. The van der Waals surface area contributed by atoms with Crippen LogP contribution in [0.4, 0.5) is 4.79 Å². The van der Waals surface area contributed by atoms with Crippen molar-refractivity contribution in [2.75, 3.05) is 13.2 Å². The third-order valence-corrected chi connectivity index (χ3v) is 3.96. The number of ether oxygens (including phenoxy) is 1. The van der Waals surface area contributed by atoms with Crippen LogP contribution in [0.2, 0.25) is 0 Å². The Morgan fingerprint density at radius 2 is 2.09 bits per heavy atom. The van der Waals surface area contributed by atoms with Gasteiger partial charge in [0.05, 0.1) is 19.0 Å². The molecule has 1 aromatic rings. The molecule has 0 aliphatic heterocycles. The van der Waals surface area contributed by atoms with Gasteiger partial charge in [-0.05, 0) is 43.7 Å². The van der Waals surface area contributed by atoms with Gasteiger partial charge in [-0.25, -0.2) is 4.79 Å². The largest absolute Gasteiger partial charge is 0.467 e. The summed E-state index contributed by atoms with van der Waals surface area (Å²) in [5, 5.41) is 15.4. The highest BCUT2D eigenvalue weighted by Gasteiger charge is 2.23. The second-order valence-electron chi connectivity index (χ2n) is 6.62. The lowest BCUT2D eigenvalue weighted by atomic mass is 9.93. The maximum atomic E-state index is 12.2. The van der Waals surface area contributed by atoms with Gasteiger partial charge in [-0.15, -0.1) is 0 Å². The molecule has 1 atom stereocenters. The number of amides is 2. The molecule has 2 rings (SSSR count). The van der Waals surface area contributed by atoms with Crippen LogP contribution in [0.1, 0.15) is 51.3 Å². The van der Waals surface area contributed by atoms with Crippen LogP contribution in [-0.2, 0) is 4.74 Å². The van der Waals surface area contributed by atoms with Crippen LogP contribution in [0.15, 0.2) is 22.8 Å². The van der Waals surface area contributed by atoms with E-state index in [1.54, 1.807) is 12.3 Å². The first-order chi connectivity index (χ1) is 11.0. The average molecular weight is 324 g/mol. The van der Waals surface area contributed by atoms with Crippen molar-refractivity contribution in [3.05, 3.63) is 24.2 Å². The first-order valence-corrected chi connectivity index (χ1v) is 8.41. The number of aliphatic hydroxyl groups excluding tert-OH is 1. The minimum atomic E-state index is -0.307. The van der Waals surface area contributed by atoms with E-state index in [0.717, 1.165) is 25.7 Å². The summed E-state index contributed by atoms with van der Waals surface area (Å²) in [4.78, 5) is 12.2. The molecule has 6 heteroatoms. The standard InChI is InChI=1S/C17H28N2O4/c1-12(2)10-22-11-15(16-4-3-9-23-16)19-17(21)18-13-5-7-14(20)8-6-13/h3-4,9,12-15,20H,5-8,10-11H2,1-2H3,(H2,18,19,21). The van der Waals surface area contributed by atoms with E-state index in [9.17, 15) is 9.90 Å². The highest BCUT2D eigenvalue weighted by Crippen LogP contribution is 2.19. The van der Waals surface area contributed by atoms with Gasteiger partial charge in [-0.3, -0.25) is 0 Å². The van der Waals surface area contributed by atoms with Crippen molar-refractivity contribution in [1.29, 1.82) is 0 Å². The van der Waals surface area contributed by atoms with Gasteiger partial charge < -0.3 is 24.9 Å². The molecule has 0 spiro atoms. The fraction of sp³-hybridized carbons (Fsp3) is 0.706. The number of urea groups is 1. The molecular formula is C17H28N2O4. The fourth-order valence-corrected chi connectivity index (χ4v) is 2.71. The summed E-state index contributed by atoms with van der Waals surface area (Å²) >= 11 is 0. The lowest BCUT2D eigenvalue weighted by molar-refractivity contribution is 0.0860.